The Morgan fingerprint density at radius 3 is 2.53 bits per heavy atom. The zero-order valence-electron chi connectivity index (χ0n) is 11.3. The molecule has 1 unspecified atom stereocenters. The molecule has 1 aliphatic heterocycles. The summed E-state index contributed by atoms with van der Waals surface area (Å²) in [6.07, 6.45) is -1.10. The average molecular weight is 326 g/mol. The van der Waals surface area contributed by atoms with Crippen LogP contribution >= 0.6 is 15.9 Å². The molecule has 0 saturated heterocycles. The van der Waals surface area contributed by atoms with Gasteiger partial charge in [0.1, 0.15) is 5.54 Å². The van der Waals surface area contributed by atoms with Gasteiger partial charge in [0.05, 0.1) is 5.69 Å². The van der Waals surface area contributed by atoms with Crippen LogP contribution < -0.4 is 4.90 Å². The summed E-state index contributed by atoms with van der Waals surface area (Å²) in [6, 6.07) is 3.70. The van der Waals surface area contributed by atoms with Crippen molar-refractivity contribution in [3.8, 4) is 0 Å². The molecule has 0 radical (unpaired) electrons. The van der Waals surface area contributed by atoms with E-state index in [1.807, 2.05) is 26.0 Å². The Hall–Kier alpha value is -1.36. The van der Waals surface area contributed by atoms with E-state index in [1.54, 1.807) is 13.8 Å². The van der Waals surface area contributed by atoms with Crippen molar-refractivity contribution in [2.75, 3.05) is 4.90 Å². The number of carboxylic acid groups (broad SMARTS) is 1. The third kappa shape index (κ3) is 1.96. The summed E-state index contributed by atoms with van der Waals surface area (Å²) in [4.78, 5) is 25.2. The molecule has 4 nitrogen and oxygen atoms in total. The van der Waals surface area contributed by atoms with Crippen molar-refractivity contribution in [3.05, 3.63) is 27.7 Å². The van der Waals surface area contributed by atoms with Gasteiger partial charge in [-0.1, -0.05) is 22.9 Å². The number of hydrogen-bond acceptors (Lipinski definition) is 2. The zero-order valence-corrected chi connectivity index (χ0v) is 12.9. The monoisotopic (exact) mass is 325 g/mol. The van der Waals surface area contributed by atoms with Crippen molar-refractivity contribution in [2.24, 2.45) is 0 Å². The number of aryl methyl sites for hydroxylation is 1. The first-order valence-electron chi connectivity index (χ1n) is 6.05. The van der Waals surface area contributed by atoms with Crippen LogP contribution in [0.4, 0.5) is 10.5 Å². The summed E-state index contributed by atoms with van der Waals surface area (Å²) >= 11 is 3.40. The molecule has 0 bridgehead atoms. The number of benzene rings is 1. The normalized spacial score (nSPS) is 21.2. The number of carbonyl (C=O) groups is 2. The van der Waals surface area contributed by atoms with Gasteiger partial charge in [0.25, 0.3) is 0 Å². The second-order valence-electron chi connectivity index (χ2n) is 5.42. The maximum atomic E-state index is 12.4. The number of ketones is 1. The predicted octanol–water partition coefficient (Wildman–Crippen LogP) is 3.71. The van der Waals surface area contributed by atoms with Crippen molar-refractivity contribution in [2.45, 2.75) is 39.2 Å². The van der Waals surface area contributed by atoms with Crippen LogP contribution in [0.2, 0.25) is 0 Å². The fraction of sp³-hybridized carbons (Fsp3) is 0.429. The van der Waals surface area contributed by atoms with Crippen molar-refractivity contribution >= 4 is 33.5 Å². The van der Waals surface area contributed by atoms with E-state index >= 15 is 0 Å². The van der Waals surface area contributed by atoms with E-state index in [0.29, 0.717) is 5.69 Å². The largest absolute Gasteiger partial charge is 0.465 e. The number of Topliss-reactive ketones (excluding diaryl/α,β-unsaturated/α-hetero) is 1. The summed E-state index contributed by atoms with van der Waals surface area (Å²) in [7, 11) is 0. The van der Waals surface area contributed by atoms with Gasteiger partial charge in [-0.05, 0) is 44.0 Å². The lowest BCUT2D eigenvalue weighted by Crippen LogP contribution is -2.57. The van der Waals surface area contributed by atoms with Gasteiger partial charge >= 0.3 is 6.09 Å². The molecule has 0 saturated carbocycles. The molecule has 1 aliphatic rings. The summed E-state index contributed by atoms with van der Waals surface area (Å²) in [6.45, 7) is 7.00. The first kappa shape index (κ1) is 14.1. The molecule has 1 N–H and O–H groups in total. The Balaban J connectivity index is 2.81. The maximum Gasteiger partial charge on any atom is 0.412 e. The molecule has 1 amide bonds. The standard InChI is InChI=1S/C14H16BrNO3/c1-7-5-9(15)6-10-8(2)12(17)14(3,4)16(11(7)10)13(18)19/h5-6,8H,1-4H3,(H,18,19). The van der Waals surface area contributed by atoms with E-state index in [2.05, 4.69) is 15.9 Å². The maximum absolute atomic E-state index is 12.4. The number of rotatable bonds is 0. The van der Waals surface area contributed by atoms with Crippen molar-refractivity contribution < 1.29 is 14.7 Å². The molecule has 0 spiro atoms. The van der Waals surface area contributed by atoms with Crippen LogP contribution in [0.15, 0.2) is 16.6 Å². The highest BCUT2D eigenvalue weighted by atomic mass is 79.9. The van der Waals surface area contributed by atoms with E-state index in [4.69, 9.17) is 0 Å². The molecule has 0 aliphatic carbocycles. The topological polar surface area (TPSA) is 57.6 Å². The van der Waals surface area contributed by atoms with E-state index < -0.39 is 11.6 Å². The highest BCUT2D eigenvalue weighted by molar-refractivity contribution is 9.10. The molecule has 1 aromatic carbocycles. The van der Waals surface area contributed by atoms with E-state index in [1.165, 1.54) is 4.90 Å². The minimum atomic E-state index is -1.10. The van der Waals surface area contributed by atoms with Gasteiger partial charge in [-0.2, -0.15) is 0 Å². The number of carbonyl (C=O) groups excluding carboxylic acids is 1. The SMILES string of the molecule is Cc1cc(Br)cc2c1N(C(=O)O)C(C)(C)C(=O)C2C. The van der Waals surface area contributed by atoms with E-state index in [0.717, 1.165) is 15.6 Å². The van der Waals surface area contributed by atoms with Crippen molar-refractivity contribution in [3.63, 3.8) is 0 Å². The second-order valence-corrected chi connectivity index (χ2v) is 6.34. The number of halogens is 1. The Labute approximate surface area is 120 Å². The zero-order chi connectivity index (χ0) is 14.5. The smallest absolute Gasteiger partial charge is 0.412 e. The Morgan fingerprint density at radius 1 is 1.42 bits per heavy atom. The van der Waals surface area contributed by atoms with Crippen LogP contribution in [-0.4, -0.2) is 22.5 Å². The molecular formula is C14H16BrNO3. The van der Waals surface area contributed by atoms with Crippen molar-refractivity contribution in [1.82, 2.24) is 0 Å². The third-order valence-corrected chi connectivity index (χ3v) is 4.19. The van der Waals surface area contributed by atoms with Gasteiger partial charge in [0.15, 0.2) is 5.78 Å². The van der Waals surface area contributed by atoms with Crippen LogP contribution in [0.3, 0.4) is 0 Å². The van der Waals surface area contributed by atoms with Gasteiger partial charge in [0.2, 0.25) is 0 Å². The van der Waals surface area contributed by atoms with Crippen LogP contribution in [0.5, 0.6) is 0 Å². The number of fused-ring (bicyclic) bond motifs is 1. The average Bonchev–Trinajstić information content (AvgIpc) is 2.27. The first-order chi connectivity index (χ1) is 8.67. The number of hydrogen-bond donors (Lipinski definition) is 1. The minimum Gasteiger partial charge on any atom is -0.465 e. The molecule has 19 heavy (non-hydrogen) atoms. The number of nitrogens with zero attached hydrogens (tertiary/aromatic N) is 1. The predicted molar refractivity (Wildman–Crippen MR) is 76.9 cm³/mol. The van der Waals surface area contributed by atoms with Crippen molar-refractivity contribution in [1.29, 1.82) is 0 Å². The molecule has 1 atom stereocenters. The highest BCUT2D eigenvalue weighted by Crippen LogP contribution is 2.44. The molecule has 5 heteroatoms. The molecular weight excluding hydrogens is 310 g/mol. The van der Waals surface area contributed by atoms with E-state index in [-0.39, 0.29) is 11.7 Å². The Kier molecular flexibility index (Phi) is 3.21. The molecule has 1 heterocycles. The second kappa shape index (κ2) is 4.34. The first-order valence-corrected chi connectivity index (χ1v) is 6.84. The van der Waals surface area contributed by atoms with Gasteiger partial charge in [0, 0.05) is 10.4 Å². The molecule has 0 aromatic heterocycles. The summed E-state index contributed by atoms with van der Waals surface area (Å²) < 4.78 is 0.855. The van der Waals surface area contributed by atoms with Gasteiger partial charge in [-0.15, -0.1) is 0 Å². The van der Waals surface area contributed by atoms with Crippen LogP contribution in [0.25, 0.3) is 0 Å². The van der Waals surface area contributed by atoms with E-state index in [9.17, 15) is 14.7 Å². The number of anilines is 1. The number of amides is 1. The van der Waals surface area contributed by atoms with Crippen LogP contribution in [0.1, 0.15) is 37.8 Å². The molecule has 1 aromatic rings. The molecule has 2 rings (SSSR count). The summed E-state index contributed by atoms with van der Waals surface area (Å²) in [5.41, 5.74) is 1.20. The lowest BCUT2D eigenvalue weighted by atomic mass is 9.78. The lowest BCUT2D eigenvalue weighted by molar-refractivity contribution is -0.124. The Morgan fingerprint density at radius 2 is 2.00 bits per heavy atom. The van der Waals surface area contributed by atoms with Crippen LogP contribution in [0, 0.1) is 6.92 Å². The van der Waals surface area contributed by atoms with Gasteiger partial charge in [-0.3, -0.25) is 9.69 Å². The lowest BCUT2D eigenvalue weighted by Gasteiger charge is -2.43. The fourth-order valence-electron chi connectivity index (χ4n) is 2.79. The quantitative estimate of drug-likeness (QED) is 0.791. The van der Waals surface area contributed by atoms with Crippen LogP contribution in [-0.2, 0) is 4.79 Å². The highest BCUT2D eigenvalue weighted by Gasteiger charge is 2.47. The summed E-state index contributed by atoms with van der Waals surface area (Å²) in [5, 5.41) is 9.48. The Bertz CT molecular complexity index is 580. The molecule has 0 fully saturated rings. The third-order valence-electron chi connectivity index (χ3n) is 3.73. The fourth-order valence-corrected chi connectivity index (χ4v) is 3.38. The summed E-state index contributed by atoms with van der Waals surface area (Å²) in [5.74, 6) is -0.392. The minimum absolute atomic E-state index is 0.0834. The molecule has 102 valence electrons. The van der Waals surface area contributed by atoms with Gasteiger partial charge in [-0.25, -0.2) is 4.79 Å². The van der Waals surface area contributed by atoms with Gasteiger partial charge < -0.3 is 5.11 Å².